The molecule has 0 amide bonds. The van der Waals surface area contributed by atoms with Crippen molar-refractivity contribution < 1.29 is 4.74 Å². The lowest BCUT2D eigenvalue weighted by Crippen LogP contribution is -2.58. The summed E-state index contributed by atoms with van der Waals surface area (Å²) < 4.78 is 6.09. The fourth-order valence-corrected chi connectivity index (χ4v) is 8.77. The molecule has 0 bridgehead atoms. The van der Waals surface area contributed by atoms with E-state index in [1.165, 1.54) is 44.9 Å². The van der Waals surface area contributed by atoms with Crippen molar-refractivity contribution >= 4 is 0 Å². The quantitative estimate of drug-likeness (QED) is 0.658. The van der Waals surface area contributed by atoms with E-state index < -0.39 is 0 Å². The normalized spacial score (nSPS) is 49.7. The van der Waals surface area contributed by atoms with Crippen LogP contribution in [0.25, 0.3) is 0 Å². The van der Waals surface area contributed by atoms with E-state index in [0.717, 1.165) is 25.2 Å². The van der Waals surface area contributed by atoms with Gasteiger partial charge in [0.25, 0.3) is 0 Å². The maximum Gasteiger partial charge on any atom is 0.0990 e. The molecule has 0 aromatic heterocycles. The van der Waals surface area contributed by atoms with E-state index >= 15 is 0 Å². The summed E-state index contributed by atoms with van der Waals surface area (Å²) in [6.07, 6.45) is 14.9. The highest BCUT2D eigenvalue weighted by Crippen LogP contribution is 2.65. The molecule has 0 aromatic carbocycles. The Balaban J connectivity index is 1.52. The Bertz CT molecular complexity index is 758. The van der Waals surface area contributed by atoms with Gasteiger partial charge in [0.15, 0.2) is 0 Å². The van der Waals surface area contributed by atoms with Crippen molar-refractivity contribution in [3.8, 4) is 0 Å². The number of nitrogens with one attached hydrogen (secondary N) is 1. The molecule has 30 heavy (non-hydrogen) atoms. The Morgan fingerprint density at radius 2 is 1.97 bits per heavy atom. The maximum absolute atomic E-state index is 6.09. The molecular weight excluding hydrogens is 368 g/mol. The number of fused-ring (bicyclic) bond motifs is 5. The summed E-state index contributed by atoms with van der Waals surface area (Å²) >= 11 is 0. The molecule has 0 radical (unpaired) electrons. The van der Waals surface area contributed by atoms with Crippen LogP contribution in [-0.4, -0.2) is 44.4 Å². The number of hydrogen-bond acceptors (Lipinski definition) is 3. The van der Waals surface area contributed by atoms with Gasteiger partial charge in [-0.3, -0.25) is 4.90 Å². The molecule has 0 unspecified atom stereocenters. The van der Waals surface area contributed by atoms with Crippen molar-refractivity contribution in [3.05, 3.63) is 23.3 Å². The molecule has 0 aromatic rings. The van der Waals surface area contributed by atoms with Crippen molar-refractivity contribution in [2.75, 3.05) is 27.4 Å². The second-order valence-electron chi connectivity index (χ2n) is 12.3. The standard InChI is InChI=1S/C27H44N2O/c1-18(28-5)22-11-12-25(2)14-20-7-9-23-19(13-21(20)15-27(22,25)4)8-10-24-26(23,3)16-30-17-29(24)6/h13,15,18,20,22-24,28H,7-12,14,16-17H2,1-6H3/t18-,20-,22-,23+,24+,25+,26-,27-/m1/s1. The van der Waals surface area contributed by atoms with Crippen LogP contribution in [-0.2, 0) is 4.74 Å². The first-order chi connectivity index (χ1) is 14.2. The van der Waals surface area contributed by atoms with Crippen LogP contribution in [0.3, 0.4) is 0 Å². The van der Waals surface area contributed by atoms with Gasteiger partial charge in [0.2, 0.25) is 0 Å². The van der Waals surface area contributed by atoms with Gasteiger partial charge < -0.3 is 10.1 Å². The van der Waals surface area contributed by atoms with Gasteiger partial charge in [-0.25, -0.2) is 0 Å². The lowest BCUT2D eigenvalue weighted by molar-refractivity contribution is -0.142. The topological polar surface area (TPSA) is 24.5 Å². The number of allylic oxidation sites excluding steroid dienone is 4. The molecule has 168 valence electrons. The second kappa shape index (κ2) is 7.18. The van der Waals surface area contributed by atoms with Gasteiger partial charge in [-0.05, 0) is 100 Å². The van der Waals surface area contributed by atoms with Crippen molar-refractivity contribution in [2.24, 2.45) is 34.0 Å². The van der Waals surface area contributed by atoms with Crippen LogP contribution in [0.1, 0.15) is 72.6 Å². The first-order valence-electron chi connectivity index (χ1n) is 12.6. The van der Waals surface area contributed by atoms with Crippen LogP contribution < -0.4 is 5.32 Å². The first-order valence-corrected chi connectivity index (χ1v) is 12.6. The highest BCUT2D eigenvalue weighted by Gasteiger charge is 2.58. The van der Waals surface area contributed by atoms with E-state index in [-0.39, 0.29) is 5.41 Å². The Hall–Kier alpha value is -0.640. The summed E-state index contributed by atoms with van der Waals surface area (Å²) in [7, 11) is 4.41. The van der Waals surface area contributed by atoms with Gasteiger partial charge >= 0.3 is 0 Å². The van der Waals surface area contributed by atoms with Crippen molar-refractivity contribution in [3.63, 3.8) is 0 Å². The molecule has 5 aliphatic rings. The van der Waals surface area contributed by atoms with Gasteiger partial charge in [0.1, 0.15) is 0 Å². The largest absolute Gasteiger partial charge is 0.365 e. The number of nitrogens with zero attached hydrogens (tertiary/aromatic N) is 1. The molecular formula is C27H44N2O. The molecule has 1 aliphatic heterocycles. The zero-order chi connectivity index (χ0) is 21.3. The molecule has 8 atom stereocenters. The summed E-state index contributed by atoms with van der Waals surface area (Å²) in [6, 6.07) is 1.26. The Labute approximate surface area is 184 Å². The molecule has 3 fully saturated rings. The van der Waals surface area contributed by atoms with E-state index in [1.807, 2.05) is 0 Å². The maximum atomic E-state index is 6.09. The first kappa shape index (κ1) is 21.2. The number of rotatable bonds is 2. The summed E-state index contributed by atoms with van der Waals surface area (Å²) in [5.74, 6) is 2.19. The van der Waals surface area contributed by atoms with Gasteiger partial charge in [-0.2, -0.15) is 0 Å². The summed E-state index contributed by atoms with van der Waals surface area (Å²) in [4.78, 5) is 2.48. The van der Waals surface area contributed by atoms with Crippen LogP contribution in [0.5, 0.6) is 0 Å². The van der Waals surface area contributed by atoms with E-state index in [2.05, 4.69) is 64.2 Å². The minimum Gasteiger partial charge on any atom is -0.365 e. The highest BCUT2D eigenvalue weighted by molar-refractivity contribution is 5.38. The van der Waals surface area contributed by atoms with Crippen molar-refractivity contribution in [2.45, 2.75) is 84.7 Å². The predicted molar refractivity (Wildman–Crippen MR) is 124 cm³/mol. The predicted octanol–water partition coefficient (Wildman–Crippen LogP) is 5.39. The van der Waals surface area contributed by atoms with Crippen LogP contribution in [0.2, 0.25) is 0 Å². The van der Waals surface area contributed by atoms with Crippen molar-refractivity contribution in [1.29, 1.82) is 0 Å². The SMILES string of the molecule is CN[C@H](C)[C@H]1CC[C@@]2(C)C[C@H]3CC[C@H]4C(=CC3=C[C@]12C)CC[C@@H]1N(C)COC[C@@]14C. The van der Waals surface area contributed by atoms with E-state index in [1.54, 1.807) is 11.1 Å². The van der Waals surface area contributed by atoms with Gasteiger partial charge in [0, 0.05) is 17.5 Å². The average molecular weight is 413 g/mol. The third-order valence-corrected chi connectivity index (χ3v) is 10.9. The zero-order valence-corrected chi connectivity index (χ0v) is 20.3. The molecule has 5 rings (SSSR count). The smallest absolute Gasteiger partial charge is 0.0990 e. The minimum atomic E-state index is 0.276. The van der Waals surface area contributed by atoms with E-state index in [4.69, 9.17) is 4.74 Å². The van der Waals surface area contributed by atoms with E-state index in [0.29, 0.717) is 28.8 Å². The van der Waals surface area contributed by atoms with Gasteiger partial charge in [0.05, 0.1) is 13.3 Å². The van der Waals surface area contributed by atoms with Gasteiger partial charge in [-0.15, -0.1) is 0 Å². The molecule has 1 saturated heterocycles. The van der Waals surface area contributed by atoms with Gasteiger partial charge in [-0.1, -0.05) is 38.5 Å². The fourth-order valence-electron chi connectivity index (χ4n) is 8.77. The highest BCUT2D eigenvalue weighted by atomic mass is 16.5. The second-order valence-corrected chi connectivity index (χ2v) is 12.3. The zero-order valence-electron chi connectivity index (χ0n) is 20.3. The Morgan fingerprint density at radius 3 is 2.73 bits per heavy atom. The van der Waals surface area contributed by atoms with Crippen LogP contribution in [0.15, 0.2) is 23.3 Å². The lowest BCUT2D eigenvalue weighted by Gasteiger charge is -2.54. The molecule has 1 N–H and O–H groups in total. The van der Waals surface area contributed by atoms with E-state index in [9.17, 15) is 0 Å². The number of ether oxygens (including phenoxy) is 1. The molecule has 1 heterocycles. The average Bonchev–Trinajstić information content (AvgIpc) is 2.84. The number of hydrogen-bond donors (Lipinski definition) is 1. The van der Waals surface area contributed by atoms with Crippen LogP contribution in [0, 0.1) is 34.0 Å². The molecule has 3 nitrogen and oxygen atoms in total. The van der Waals surface area contributed by atoms with Crippen LogP contribution in [0.4, 0.5) is 0 Å². The fraction of sp³-hybridized carbons (Fsp3) is 0.852. The summed E-state index contributed by atoms with van der Waals surface area (Å²) in [6.45, 7) is 11.9. The van der Waals surface area contributed by atoms with Crippen molar-refractivity contribution in [1.82, 2.24) is 10.2 Å². The molecule has 0 spiro atoms. The molecule has 3 heteroatoms. The third kappa shape index (κ3) is 2.87. The summed E-state index contributed by atoms with van der Waals surface area (Å²) in [5.41, 5.74) is 4.47. The molecule has 2 saturated carbocycles. The Kier molecular flexibility index (Phi) is 5.08. The van der Waals surface area contributed by atoms with Crippen LogP contribution >= 0.6 is 0 Å². The lowest BCUT2D eigenvalue weighted by atomic mass is 9.55. The minimum absolute atomic E-state index is 0.276. The molecule has 4 aliphatic carbocycles. The Morgan fingerprint density at radius 1 is 1.17 bits per heavy atom. The summed E-state index contributed by atoms with van der Waals surface area (Å²) in [5, 5.41) is 3.59. The third-order valence-electron chi connectivity index (χ3n) is 10.9. The monoisotopic (exact) mass is 412 g/mol.